The summed E-state index contributed by atoms with van der Waals surface area (Å²) < 4.78 is 0. The SMILES string of the molecule is C=CCCC1=C2CCC(=O)[C@@]2(CC)CCC1=O. The molecule has 2 heteroatoms. The Kier molecular flexibility index (Phi) is 3.32. The molecule has 1 fully saturated rings. The summed E-state index contributed by atoms with van der Waals surface area (Å²) in [6.45, 7) is 5.78. The van der Waals surface area contributed by atoms with Crippen molar-refractivity contribution >= 4 is 11.6 Å². The number of fused-ring (bicyclic) bond motifs is 1. The van der Waals surface area contributed by atoms with Gasteiger partial charge in [-0.2, -0.15) is 0 Å². The summed E-state index contributed by atoms with van der Waals surface area (Å²) >= 11 is 0. The maximum absolute atomic E-state index is 12.1. The topological polar surface area (TPSA) is 34.1 Å². The third-order valence-electron chi connectivity index (χ3n) is 4.40. The second kappa shape index (κ2) is 4.59. The van der Waals surface area contributed by atoms with Gasteiger partial charge in [0.15, 0.2) is 5.78 Å². The van der Waals surface area contributed by atoms with Crippen LogP contribution in [0.5, 0.6) is 0 Å². The van der Waals surface area contributed by atoms with Crippen LogP contribution >= 0.6 is 0 Å². The predicted molar refractivity (Wildman–Crippen MR) is 67.7 cm³/mol. The largest absolute Gasteiger partial charge is 0.299 e. The molecule has 0 saturated heterocycles. The van der Waals surface area contributed by atoms with E-state index >= 15 is 0 Å². The standard InChI is InChI=1S/C15H20O2/c1-3-5-6-11-12-7-8-14(17)15(12,4-2)10-9-13(11)16/h3H,1,4-10H2,2H3/t15-/m0/s1. The smallest absolute Gasteiger partial charge is 0.158 e. The lowest BCUT2D eigenvalue weighted by Crippen LogP contribution is -2.33. The molecule has 92 valence electrons. The second-order valence-corrected chi connectivity index (χ2v) is 5.07. The van der Waals surface area contributed by atoms with Crippen molar-refractivity contribution < 1.29 is 9.59 Å². The molecule has 17 heavy (non-hydrogen) atoms. The first-order chi connectivity index (χ1) is 8.15. The molecule has 0 aromatic carbocycles. The van der Waals surface area contributed by atoms with Crippen LogP contribution in [0, 0.1) is 5.41 Å². The van der Waals surface area contributed by atoms with Crippen molar-refractivity contribution in [3.8, 4) is 0 Å². The number of hydrogen-bond donors (Lipinski definition) is 0. The van der Waals surface area contributed by atoms with Gasteiger partial charge in [-0.3, -0.25) is 9.59 Å². The predicted octanol–water partition coefficient (Wildman–Crippen LogP) is 3.37. The highest BCUT2D eigenvalue weighted by Gasteiger charge is 2.48. The molecule has 0 spiro atoms. The number of rotatable bonds is 4. The van der Waals surface area contributed by atoms with E-state index in [4.69, 9.17) is 0 Å². The molecule has 0 aromatic rings. The van der Waals surface area contributed by atoms with Gasteiger partial charge in [0, 0.05) is 12.8 Å². The normalized spacial score (nSPS) is 28.5. The average molecular weight is 232 g/mol. The summed E-state index contributed by atoms with van der Waals surface area (Å²) in [5.74, 6) is 0.624. The van der Waals surface area contributed by atoms with Crippen LogP contribution < -0.4 is 0 Å². The number of ketones is 2. The number of allylic oxidation sites excluding steroid dienone is 3. The summed E-state index contributed by atoms with van der Waals surface area (Å²) in [5.41, 5.74) is 1.84. The molecule has 0 radical (unpaired) electrons. The molecule has 0 heterocycles. The minimum absolute atomic E-state index is 0.264. The summed E-state index contributed by atoms with van der Waals surface area (Å²) in [5, 5.41) is 0. The van der Waals surface area contributed by atoms with Gasteiger partial charge in [-0.05, 0) is 43.3 Å². The monoisotopic (exact) mass is 232 g/mol. The molecule has 2 nitrogen and oxygen atoms in total. The molecule has 1 saturated carbocycles. The lowest BCUT2D eigenvalue weighted by Gasteiger charge is -2.33. The zero-order valence-corrected chi connectivity index (χ0v) is 10.6. The number of Topliss-reactive ketones (excluding diaryl/α,β-unsaturated/α-hetero) is 2. The highest BCUT2D eigenvalue weighted by Crippen LogP contribution is 2.51. The lowest BCUT2D eigenvalue weighted by molar-refractivity contribution is -0.126. The first-order valence-corrected chi connectivity index (χ1v) is 6.55. The van der Waals surface area contributed by atoms with Gasteiger partial charge in [0.2, 0.25) is 0 Å². The Morgan fingerprint density at radius 3 is 2.71 bits per heavy atom. The molecule has 2 aliphatic carbocycles. The van der Waals surface area contributed by atoms with E-state index in [1.54, 1.807) is 0 Å². The van der Waals surface area contributed by atoms with Gasteiger partial charge >= 0.3 is 0 Å². The molecule has 0 unspecified atom stereocenters. The van der Waals surface area contributed by atoms with E-state index in [-0.39, 0.29) is 11.2 Å². The van der Waals surface area contributed by atoms with E-state index in [0.717, 1.165) is 37.7 Å². The van der Waals surface area contributed by atoms with E-state index in [1.165, 1.54) is 5.57 Å². The molecule has 0 aliphatic heterocycles. The van der Waals surface area contributed by atoms with Crippen LogP contribution in [-0.2, 0) is 9.59 Å². The van der Waals surface area contributed by atoms with Crippen LogP contribution in [0.15, 0.2) is 23.8 Å². The summed E-state index contributed by atoms with van der Waals surface area (Å²) in [6.07, 6.45) is 7.04. The van der Waals surface area contributed by atoms with Crippen molar-refractivity contribution in [1.29, 1.82) is 0 Å². The zero-order chi connectivity index (χ0) is 12.5. The highest BCUT2D eigenvalue weighted by molar-refractivity contribution is 6.03. The fourth-order valence-electron chi connectivity index (χ4n) is 3.39. The van der Waals surface area contributed by atoms with Crippen LogP contribution in [0.2, 0.25) is 0 Å². The van der Waals surface area contributed by atoms with Crippen LogP contribution in [0.4, 0.5) is 0 Å². The summed E-state index contributed by atoms with van der Waals surface area (Å²) in [6, 6.07) is 0. The Morgan fingerprint density at radius 2 is 2.06 bits per heavy atom. The Balaban J connectivity index is 2.43. The lowest BCUT2D eigenvalue weighted by atomic mass is 9.68. The van der Waals surface area contributed by atoms with Crippen molar-refractivity contribution in [3.05, 3.63) is 23.8 Å². The van der Waals surface area contributed by atoms with Crippen LogP contribution in [0.1, 0.15) is 51.9 Å². The molecular formula is C15H20O2. The van der Waals surface area contributed by atoms with Crippen LogP contribution in [0.25, 0.3) is 0 Å². The first-order valence-electron chi connectivity index (χ1n) is 6.55. The summed E-state index contributed by atoms with van der Waals surface area (Å²) in [7, 11) is 0. The zero-order valence-electron chi connectivity index (χ0n) is 10.6. The quantitative estimate of drug-likeness (QED) is 0.696. The highest BCUT2D eigenvalue weighted by atomic mass is 16.1. The van der Waals surface area contributed by atoms with E-state index < -0.39 is 0 Å². The molecule has 1 atom stereocenters. The maximum Gasteiger partial charge on any atom is 0.158 e. The van der Waals surface area contributed by atoms with E-state index in [9.17, 15) is 9.59 Å². The number of carbonyl (C=O) groups excluding carboxylic acids is 2. The van der Waals surface area contributed by atoms with Crippen molar-refractivity contribution in [1.82, 2.24) is 0 Å². The van der Waals surface area contributed by atoms with Crippen molar-refractivity contribution in [2.75, 3.05) is 0 Å². The van der Waals surface area contributed by atoms with Crippen LogP contribution in [-0.4, -0.2) is 11.6 Å². The van der Waals surface area contributed by atoms with Gasteiger partial charge in [0.25, 0.3) is 0 Å². The average Bonchev–Trinajstić information content (AvgIpc) is 2.67. The Bertz CT molecular complexity index is 403. The fourth-order valence-corrected chi connectivity index (χ4v) is 3.39. The minimum Gasteiger partial charge on any atom is -0.299 e. The van der Waals surface area contributed by atoms with E-state index in [0.29, 0.717) is 18.6 Å². The summed E-state index contributed by atoms with van der Waals surface area (Å²) in [4.78, 5) is 24.1. The fraction of sp³-hybridized carbons (Fsp3) is 0.600. The Labute approximate surface area is 103 Å². The molecular weight excluding hydrogens is 212 g/mol. The molecule has 2 rings (SSSR count). The van der Waals surface area contributed by atoms with Gasteiger partial charge in [-0.1, -0.05) is 13.0 Å². The molecule has 0 amide bonds. The van der Waals surface area contributed by atoms with Crippen molar-refractivity contribution in [2.24, 2.45) is 5.41 Å². The van der Waals surface area contributed by atoms with Crippen molar-refractivity contribution in [3.63, 3.8) is 0 Å². The first kappa shape index (κ1) is 12.3. The van der Waals surface area contributed by atoms with E-state index in [1.807, 2.05) is 6.08 Å². The third-order valence-corrected chi connectivity index (χ3v) is 4.40. The Hall–Kier alpha value is -1.18. The molecule has 0 N–H and O–H groups in total. The molecule has 0 aromatic heterocycles. The maximum atomic E-state index is 12.1. The van der Waals surface area contributed by atoms with Gasteiger partial charge in [0.1, 0.15) is 5.78 Å². The molecule has 2 aliphatic rings. The minimum atomic E-state index is -0.273. The van der Waals surface area contributed by atoms with Gasteiger partial charge in [-0.25, -0.2) is 0 Å². The van der Waals surface area contributed by atoms with Crippen LogP contribution in [0.3, 0.4) is 0 Å². The Morgan fingerprint density at radius 1 is 1.29 bits per heavy atom. The van der Waals surface area contributed by atoms with Gasteiger partial charge in [-0.15, -0.1) is 6.58 Å². The molecule has 0 bridgehead atoms. The third kappa shape index (κ3) is 1.80. The number of carbonyl (C=O) groups is 2. The number of hydrogen-bond acceptors (Lipinski definition) is 2. The second-order valence-electron chi connectivity index (χ2n) is 5.07. The van der Waals surface area contributed by atoms with Gasteiger partial charge < -0.3 is 0 Å². The van der Waals surface area contributed by atoms with Crippen molar-refractivity contribution in [2.45, 2.75) is 51.9 Å². The van der Waals surface area contributed by atoms with E-state index in [2.05, 4.69) is 13.5 Å². The van der Waals surface area contributed by atoms with Gasteiger partial charge in [0.05, 0.1) is 5.41 Å².